The highest BCUT2D eigenvalue weighted by molar-refractivity contribution is 5.98. The Morgan fingerprint density at radius 1 is 1.16 bits per heavy atom. The van der Waals surface area contributed by atoms with Gasteiger partial charge in [-0.05, 0) is 43.9 Å². The molecule has 7 heteroatoms. The van der Waals surface area contributed by atoms with Gasteiger partial charge in [-0.3, -0.25) is 9.59 Å². The summed E-state index contributed by atoms with van der Waals surface area (Å²) in [7, 11) is 0. The normalized spacial score (nSPS) is 16.5. The molecule has 0 aliphatic heterocycles. The number of amides is 2. The predicted octanol–water partition coefficient (Wildman–Crippen LogP) is 2.27. The number of H-pyrrole nitrogens is 2. The molecular weight excluding hydrogens is 320 g/mol. The van der Waals surface area contributed by atoms with Crippen molar-refractivity contribution in [2.45, 2.75) is 51.5 Å². The molecule has 1 saturated carbocycles. The van der Waals surface area contributed by atoms with E-state index in [9.17, 15) is 14.4 Å². The van der Waals surface area contributed by atoms with Crippen molar-refractivity contribution >= 4 is 28.5 Å². The lowest BCUT2D eigenvalue weighted by Crippen LogP contribution is -2.42. The van der Waals surface area contributed by atoms with E-state index in [1.807, 2.05) is 0 Å². The monoisotopic (exact) mass is 344 g/mol. The van der Waals surface area contributed by atoms with Gasteiger partial charge in [0.2, 0.25) is 11.8 Å². The predicted molar refractivity (Wildman–Crippen MR) is 96.3 cm³/mol. The molecule has 1 aromatic heterocycles. The van der Waals surface area contributed by atoms with E-state index in [0.29, 0.717) is 29.1 Å². The van der Waals surface area contributed by atoms with Crippen LogP contribution in [0, 0.1) is 5.92 Å². The SMILES string of the molecule is C[C@H](NC(=O)CC1CCCCC1)C(=O)Nc1ccc2[nH]c(=O)[nH]c2c1. The summed E-state index contributed by atoms with van der Waals surface area (Å²) in [6.45, 7) is 1.67. The Morgan fingerprint density at radius 2 is 1.88 bits per heavy atom. The smallest absolute Gasteiger partial charge is 0.323 e. The lowest BCUT2D eigenvalue weighted by atomic mass is 9.87. The Kier molecular flexibility index (Phi) is 5.21. The molecule has 3 rings (SSSR count). The number of carbonyl (C=O) groups excluding carboxylic acids is 2. The summed E-state index contributed by atoms with van der Waals surface area (Å²) < 4.78 is 0. The Morgan fingerprint density at radius 3 is 2.64 bits per heavy atom. The molecule has 1 aliphatic rings. The van der Waals surface area contributed by atoms with Crippen molar-refractivity contribution in [3.8, 4) is 0 Å². The first-order valence-corrected chi connectivity index (χ1v) is 8.83. The van der Waals surface area contributed by atoms with Gasteiger partial charge in [-0.2, -0.15) is 0 Å². The topological polar surface area (TPSA) is 107 Å². The van der Waals surface area contributed by atoms with Gasteiger partial charge in [-0.15, -0.1) is 0 Å². The highest BCUT2D eigenvalue weighted by atomic mass is 16.2. The third kappa shape index (κ3) is 4.49. The van der Waals surface area contributed by atoms with Gasteiger partial charge in [0.15, 0.2) is 0 Å². The zero-order valence-corrected chi connectivity index (χ0v) is 14.4. The Labute approximate surface area is 145 Å². The molecule has 1 aliphatic carbocycles. The van der Waals surface area contributed by atoms with Crippen LogP contribution in [0.15, 0.2) is 23.0 Å². The van der Waals surface area contributed by atoms with Gasteiger partial charge in [0, 0.05) is 12.1 Å². The molecule has 0 bridgehead atoms. The van der Waals surface area contributed by atoms with Crippen molar-refractivity contribution < 1.29 is 9.59 Å². The molecule has 1 aromatic carbocycles. The Hall–Kier alpha value is -2.57. The maximum absolute atomic E-state index is 12.3. The third-order valence-electron chi connectivity index (χ3n) is 4.75. The first kappa shape index (κ1) is 17.3. The number of benzene rings is 1. The van der Waals surface area contributed by atoms with Gasteiger partial charge in [-0.25, -0.2) is 4.79 Å². The van der Waals surface area contributed by atoms with E-state index in [2.05, 4.69) is 20.6 Å². The molecule has 1 fully saturated rings. The van der Waals surface area contributed by atoms with E-state index in [1.54, 1.807) is 25.1 Å². The van der Waals surface area contributed by atoms with E-state index >= 15 is 0 Å². The maximum atomic E-state index is 12.3. The van der Waals surface area contributed by atoms with Crippen LogP contribution in [0.5, 0.6) is 0 Å². The first-order chi connectivity index (χ1) is 12.0. The van der Waals surface area contributed by atoms with Gasteiger partial charge in [-0.1, -0.05) is 19.3 Å². The van der Waals surface area contributed by atoms with Gasteiger partial charge in [0.25, 0.3) is 0 Å². The Bertz CT molecular complexity index is 817. The molecule has 25 heavy (non-hydrogen) atoms. The second kappa shape index (κ2) is 7.55. The maximum Gasteiger partial charge on any atom is 0.323 e. The van der Waals surface area contributed by atoms with Crippen LogP contribution >= 0.6 is 0 Å². The number of aromatic nitrogens is 2. The third-order valence-corrected chi connectivity index (χ3v) is 4.75. The molecule has 4 N–H and O–H groups in total. The molecule has 2 aromatic rings. The zero-order chi connectivity index (χ0) is 17.8. The summed E-state index contributed by atoms with van der Waals surface area (Å²) in [5, 5.41) is 5.54. The number of aromatic amines is 2. The van der Waals surface area contributed by atoms with Crippen molar-refractivity contribution in [2.24, 2.45) is 5.92 Å². The summed E-state index contributed by atoms with van der Waals surface area (Å²) in [5.41, 5.74) is 1.58. The van der Waals surface area contributed by atoms with Crippen molar-refractivity contribution in [1.29, 1.82) is 0 Å². The fourth-order valence-corrected chi connectivity index (χ4v) is 3.38. The minimum absolute atomic E-state index is 0.0695. The van der Waals surface area contributed by atoms with E-state index in [4.69, 9.17) is 0 Å². The quantitative estimate of drug-likeness (QED) is 0.668. The molecule has 0 saturated heterocycles. The van der Waals surface area contributed by atoms with Crippen molar-refractivity contribution in [1.82, 2.24) is 15.3 Å². The molecule has 1 heterocycles. The molecular formula is C18H24N4O3. The van der Waals surface area contributed by atoms with E-state index < -0.39 is 6.04 Å². The summed E-state index contributed by atoms with van der Waals surface area (Å²) in [6, 6.07) is 4.49. The number of carbonyl (C=O) groups is 2. The number of fused-ring (bicyclic) bond motifs is 1. The highest BCUT2D eigenvalue weighted by Gasteiger charge is 2.20. The number of nitrogens with one attached hydrogen (secondary N) is 4. The van der Waals surface area contributed by atoms with E-state index in [-0.39, 0.29) is 17.5 Å². The van der Waals surface area contributed by atoms with Gasteiger partial charge >= 0.3 is 5.69 Å². The molecule has 0 unspecified atom stereocenters. The minimum atomic E-state index is -0.614. The lowest BCUT2D eigenvalue weighted by Gasteiger charge is -2.22. The van der Waals surface area contributed by atoms with Crippen LogP contribution in [0.4, 0.5) is 5.69 Å². The van der Waals surface area contributed by atoms with E-state index in [0.717, 1.165) is 12.8 Å². The van der Waals surface area contributed by atoms with Crippen LogP contribution in [-0.2, 0) is 9.59 Å². The number of anilines is 1. The van der Waals surface area contributed by atoms with Gasteiger partial charge in [0.05, 0.1) is 11.0 Å². The fourth-order valence-electron chi connectivity index (χ4n) is 3.38. The summed E-state index contributed by atoms with van der Waals surface area (Å²) in [4.78, 5) is 41.0. The zero-order valence-electron chi connectivity index (χ0n) is 14.4. The van der Waals surface area contributed by atoms with Gasteiger partial charge in [0.1, 0.15) is 6.04 Å². The summed E-state index contributed by atoms with van der Waals surface area (Å²) in [6.07, 6.45) is 6.34. The molecule has 2 amide bonds. The highest BCUT2D eigenvalue weighted by Crippen LogP contribution is 2.26. The van der Waals surface area contributed by atoms with Crippen LogP contribution in [-0.4, -0.2) is 27.8 Å². The van der Waals surface area contributed by atoms with Gasteiger partial charge < -0.3 is 20.6 Å². The first-order valence-electron chi connectivity index (χ1n) is 8.83. The van der Waals surface area contributed by atoms with Crippen molar-refractivity contribution in [3.63, 3.8) is 0 Å². The molecule has 0 spiro atoms. The van der Waals surface area contributed by atoms with Crippen LogP contribution < -0.4 is 16.3 Å². The van der Waals surface area contributed by atoms with Crippen molar-refractivity contribution in [3.05, 3.63) is 28.7 Å². The number of hydrogen-bond donors (Lipinski definition) is 4. The average Bonchev–Trinajstić information content (AvgIpc) is 2.94. The number of rotatable bonds is 5. The Balaban J connectivity index is 1.53. The lowest BCUT2D eigenvalue weighted by molar-refractivity contribution is -0.126. The molecule has 134 valence electrons. The van der Waals surface area contributed by atoms with E-state index in [1.165, 1.54) is 19.3 Å². The van der Waals surface area contributed by atoms with Crippen molar-refractivity contribution in [2.75, 3.05) is 5.32 Å². The van der Waals surface area contributed by atoms with Crippen LogP contribution in [0.1, 0.15) is 45.4 Å². The standard InChI is InChI=1S/C18H24N4O3/c1-11(19-16(23)9-12-5-3-2-4-6-12)17(24)20-13-7-8-14-15(10-13)22-18(25)21-14/h7-8,10-12H,2-6,9H2,1H3,(H,19,23)(H,20,24)(H2,21,22,25)/t11-/m0/s1. The average molecular weight is 344 g/mol. The minimum Gasteiger partial charge on any atom is -0.345 e. The fraction of sp³-hybridized carbons (Fsp3) is 0.500. The molecule has 1 atom stereocenters. The second-order valence-electron chi connectivity index (χ2n) is 6.83. The largest absolute Gasteiger partial charge is 0.345 e. The number of hydrogen-bond acceptors (Lipinski definition) is 3. The summed E-state index contributed by atoms with van der Waals surface area (Å²) in [5.74, 6) is 0.0889. The second-order valence-corrected chi connectivity index (χ2v) is 6.83. The molecule has 7 nitrogen and oxygen atoms in total. The van der Waals surface area contributed by atoms with Crippen LogP contribution in [0.25, 0.3) is 11.0 Å². The van der Waals surface area contributed by atoms with Crippen LogP contribution in [0.3, 0.4) is 0 Å². The van der Waals surface area contributed by atoms with Crippen LogP contribution in [0.2, 0.25) is 0 Å². The summed E-state index contributed by atoms with van der Waals surface area (Å²) >= 11 is 0. The molecule has 0 radical (unpaired) electrons. The number of imidazole rings is 1.